The first-order valence-electron chi connectivity index (χ1n) is 6.49. The lowest BCUT2D eigenvalue weighted by Gasteiger charge is -2.25. The van der Waals surface area contributed by atoms with E-state index in [0.29, 0.717) is 5.92 Å². The Morgan fingerprint density at radius 1 is 1.22 bits per heavy atom. The molecular weight excluding hydrogens is 358 g/mol. The minimum absolute atomic E-state index is 0.144. The van der Waals surface area contributed by atoms with E-state index in [0.717, 1.165) is 14.6 Å². The van der Waals surface area contributed by atoms with Crippen molar-refractivity contribution in [1.82, 2.24) is 10.4 Å². The first-order valence-corrected chi connectivity index (χ1v) is 8.08. The van der Waals surface area contributed by atoms with Gasteiger partial charge in [-0.3, -0.25) is 16.3 Å². The summed E-state index contributed by atoms with van der Waals surface area (Å²) in [6.07, 6.45) is 9.61. The van der Waals surface area contributed by atoms with Crippen LogP contribution in [0.3, 0.4) is 0 Å². The number of hydrazine groups is 1. The van der Waals surface area contributed by atoms with Gasteiger partial charge in [0, 0.05) is 15.1 Å². The molecule has 1 aliphatic carbocycles. The first kappa shape index (κ1) is 14.4. The number of pyridine rings is 1. The van der Waals surface area contributed by atoms with Crippen LogP contribution in [0.4, 0.5) is 0 Å². The molecule has 1 saturated carbocycles. The molecule has 1 aliphatic rings. The molecule has 1 atom stereocenters. The lowest BCUT2D eigenvalue weighted by Crippen LogP contribution is -2.34. The number of nitrogens with one attached hydrogen (secondary N) is 1. The lowest BCUT2D eigenvalue weighted by atomic mass is 9.90. The molecular formula is C13H19Br2N3. The van der Waals surface area contributed by atoms with Crippen LogP contribution >= 0.6 is 31.9 Å². The average Bonchev–Trinajstić information content (AvgIpc) is 2.62. The van der Waals surface area contributed by atoms with Crippen molar-refractivity contribution < 1.29 is 0 Å². The number of hydrogen-bond donors (Lipinski definition) is 2. The van der Waals surface area contributed by atoms with Gasteiger partial charge in [-0.25, -0.2) is 0 Å². The Hall–Kier alpha value is 0.0300. The maximum atomic E-state index is 5.77. The summed E-state index contributed by atoms with van der Waals surface area (Å²) in [6, 6.07) is 2.18. The van der Waals surface area contributed by atoms with Gasteiger partial charge in [0.05, 0.1) is 11.7 Å². The van der Waals surface area contributed by atoms with E-state index in [1.54, 1.807) is 0 Å². The molecule has 3 N–H and O–H groups in total. The van der Waals surface area contributed by atoms with E-state index in [9.17, 15) is 0 Å². The zero-order valence-electron chi connectivity index (χ0n) is 10.3. The molecule has 1 heterocycles. The molecule has 0 aromatic carbocycles. The molecule has 0 spiro atoms. The third kappa shape index (κ3) is 3.53. The van der Waals surface area contributed by atoms with Gasteiger partial charge in [0.25, 0.3) is 0 Å². The maximum absolute atomic E-state index is 5.77. The number of aromatic nitrogens is 1. The molecule has 100 valence electrons. The van der Waals surface area contributed by atoms with Gasteiger partial charge in [0.1, 0.15) is 0 Å². The fraction of sp³-hybridized carbons (Fsp3) is 0.615. The van der Waals surface area contributed by atoms with Crippen molar-refractivity contribution in [2.45, 2.75) is 44.6 Å². The van der Waals surface area contributed by atoms with Crippen LogP contribution in [-0.4, -0.2) is 4.98 Å². The second-order valence-electron chi connectivity index (χ2n) is 4.92. The van der Waals surface area contributed by atoms with Crippen molar-refractivity contribution in [3.63, 3.8) is 0 Å². The number of rotatable bonds is 3. The highest BCUT2D eigenvalue weighted by molar-refractivity contribution is 9.11. The predicted octanol–water partition coefficient (Wildman–Crippen LogP) is 4.08. The van der Waals surface area contributed by atoms with Crippen LogP contribution in [0.1, 0.15) is 50.3 Å². The first-order chi connectivity index (χ1) is 8.72. The molecule has 0 bridgehead atoms. The van der Waals surface area contributed by atoms with Gasteiger partial charge in [-0.05, 0) is 56.7 Å². The topological polar surface area (TPSA) is 50.9 Å². The van der Waals surface area contributed by atoms with E-state index in [1.807, 2.05) is 12.3 Å². The molecule has 1 unspecified atom stereocenters. The average molecular weight is 377 g/mol. The van der Waals surface area contributed by atoms with Crippen molar-refractivity contribution in [3.05, 3.63) is 26.9 Å². The molecule has 0 amide bonds. The zero-order valence-corrected chi connectivity index (χ0v) is 13.5. The summed E-state index contributed by atoms with van der Waals surface area (Å²) < 4.78 is 2.00. The lowest BCUT2D eigenvalue weighted by molar-refractivity contribution is 0.322. The summed E-state index contributed by atoms with van der Waals surface area (Å²) in [5.41, 5.74) is 3.99. The van der Waals surface area contributed by atoms with E-state index in [2.05, 4.69) is 42.3 Å². The highest BCUT2D eigenvalue weighted by Crippen LogP contribution is 2.35. The maximum Gasteiger partial charge on any atom is 0.0732 e. The van der Waals surface area contributed by atoms with Gasteiger partial charge in [-0.2, -0.15) is 0 Å². The molecule has 3 nitrogen and oxygen atoms in total. The summed E-state index contributed by atoms with van der Waals surface area (Å²) in [5, 5.41) is 0. The van der Waals surface area contributed by atoms with Crippen molar-refractivity contribution in [3.8, 4) is 0 Å². The van der Waals surface area contributed by atoms with E-state index < -0.39 is 0 Å². The fourth-order valence-electron chi connectivity index (χ4n) is 2.74. The Kier molecular flexibility index (Phi) is 5.60. The van der Waals surface area contributed by atoms with Gasteiger partial charge in [-0.1, -0.05) is 25.7 Å². The third-order valence-corrected chi connectivity index (χ3v) is 4.75. The van der Waals surface area contributed by atoms with Crippen molar-refractivity contribution in [2.24, 2.45) is 11.8 Å². The standard InChI is InChI=1S/C13H19Br2N3/c14-10-7-11(15)13(17-8-10)12(18-16)9-5-3-1-2-4-6-9/h7-9,12,18H,1-6,16H2. The molecule has 0 radical (unpaired) electrons. The fourth-order valence-corrected chi connectivity index (χ4v) is 3.97. The molecule has 0 saturated heterocycles. The van der Waals surface area contributed by atoms with E-state index >= 15 is 0 Å². The summed E-state index contributed by atoms with van der Waals surface area (Å²) in [7, 11) is 0. The second-order valence-corrected chi connectivity index (χ2v) is 6.69. The molecule has 18 heavy (non-hydrogen) atoms. The minimum atomic E-state index is 0.144. The summed E-state index contributed by atoms with van der Waals surface area (Å²) >= 11 is 7.02. The largest absolute Gasteiger partial charge is 0.271 e. The van der Waals surface area contributed by atoms with Crippen LogP contribution in [0, 0.1) is 5.92 Å². The van der Waals surface area contributed by atoms with E-state index in [1.165, 1.54) is 38.5 Å². The van der Waals surface area contributed by atoms with Gasteiger partial charge in [-0.15, -0.1) is 0 Å². The number of nitrogens with zero attached hydrogens (tertiary/aromatic N) is 1. The normalized spacial score (nSPS) is 19.5. The number of halogens is 2. The highest BCUT2D eigenvalue weighted by atomic mass is 79.9. The quantitative estimate of drug-likeness (QED) is 0.474. The van der Waals surface area contributed by atoms with Gasteiger partial charge >= 0.3 is 0 Å². The van der Waals surface area contributed by atoms with Gasteiger partial charge in [0.2, 0.25) is 0 Å². The Morgan fingerprint density at radius 2 is 1.89 bits per heavy atom. The smallest absolute Gasteiger partial charge is 0.0732 e. The van der Waals surface area contributed by atoms with Crippen molar-refractivity contribution >= 4 is 31.9 Å². The molecule has 1 aromatic heterocycles. The van der Waals surface area contributed by atoms with Crippen molar-refractivity contribution in [1.29, 1.82) is 0 Å². The molecule has 0 aliphatic heterocycles. The zero-order chi connectivity index (χ0) is 13.0. The second kappa shape index (κ2) is 6.98. The Bertz CT molecular complexity index is 390. The van der Waals surface area contributed by atoms with Crippen LogP contribution in [0.15, 0.2) is 21.2 Å². The van der Waals surface area contributed by atoms with Crippen LogP contribution in [0.25, 0.3) is 0 Å². The SMILES string of the molecule is NNC(c1ncc(Br)cc1Br)C1CCCCCC1. The molecule has 1 fully saturated rings. The highest BCUT2D eigenvalue weighted by Gasteiger charge is 2.25. The molecule has 2 rings (SSSR count). The Morgan fingerprint density at radius 3 is 2.44 bits per heavy atom. The number of nitrogens with two attached hydrogens (primary N) is 1. The Balaban J connectivity index is 2.20. The van der Waals surface area contributed by atoms with Crippen LogP contribution in [-0.2, 0) is 0 Å². The van der Waals surface area contributed by atoms with E-state index in [4.69, 9.17) is 5.84 Å². The third-order valence-electron chi connectivity index (χ3n) is 3.68. The summed E-state index contributed by atoms with van der Waals surface area (Å²) in [4.78, 5) is 4.52. The molecule has 5 heteroatoms. The minimum Gasteiger partial charge on any atom is -0.271 e. The van der Waals surface area contributed by atoms with Crippen molar-refractivity contribution in [2.75, 3.05) is 0 Å². The monoisotopic (exact) mass is 375 g/mol. The predicted molar refractivity (Wildman–Crippen MR) is 80.9 cm³/mol. The molecule has 1 aromatic rings. The van der Waals surface area contributed by atoms with Crippen LogP contribution in [0.2, 0.25) is 0 Å². The van der Waals surface area contributed by atoms with Gasteiger partial charge in [0.15, 0.2) is 0 Å². The van der Waals surface area contributed by atoms with Crippen LogP contribution in [0.5, 0.6) is 0 Å². The van der Waals surface area contributed by atoms with Gasteiger partial charge < -0.3 is 0 Å². The Labute approximate surface area is 125 Å². The summed E-state index contributed by atoms with van der Waals surface area (Å²) in [6.45, 7) is 0. The van der Waals surface area contributed by atoms with Crippen LogP contribution < -0.4 is 11.3 Å². The summed E-state index contributed by atoms with van der Waals surface area (Å²) in [5.74, 6) is 6.36. The van der Waals surface area contributed by atoms with E-state index in [-0.39, 0.29) is 6.04 Å². The number of hydrogen-bond acceptors (Lipinski definition) is 3.